The third-order valence-corrected chi connectivity index (χ3v) is 7.11. The van der Waals surface area contributed by atoms with Crippen LogP contribution in [0, 0.1) is 10.8 Å². The van der Waals surface area contributed by atoms with Crippen LogP contribution in [0.15, 0.2) is 6.07 Å². The Kier molecular flexibility index (Phi) is 3.24. The number of nitrogens with zero attached hydrogens (tertiary/aromatic N) is 1. The summed E-state index contributed by atoms with van der Waals surface area (Å²) in [6, 6.07) is 2.66. The molecule has 1 amide bonds. The van der Waals surface area contributed by atoms with Crippen LogP contribution in [0.4, 0.5) is 0 Å². The largest absolute Gasteiger partial charge is 0.334 e. The molecule has 1 aromatic heterocycles. The van der Waals surface area contributed by atoms with Crippen LogP contribution in [0.3, 0.4) is 0 Å². The van der Waals surface area contributed by atoms with Gasteiger partial charge in [0.2, 0.25) is 0 Å². The molecule has 2 atom stereocenters. The summed E-state index contributed by atoms with van der Waals surface area (Å²) in [6.07, 6.45) is 8.55. The molecule has 3 heteroatoms. The van der Waals surface area contributed by atoms with Crippen LogP contribution in [0.1, 0.15) is 73.0 Å². The normalized spacial score (nSPS) is 32.9. The van der Waals surface area contributed by atoms with Crippen molar-refractivity contribution >= 4 is 17.2 Å². The molecular formula is C19H27NOS. The van der Waals surface area contributed by atoms with E-state index in [1.165, 1.54) is 55.4 Å². The monoisotopic (exact) mass is 317 g/mol. The lowest BCUT2D eigenvalue weighted by atomic mass is 9.65. The number of fused-ring (bicyclic) bond motifs is 3. The first kappa shape index (κ1) is 14.7. The number of rotatable bonds is 1. The van der Waals surface area contributed by atoms with Crippen molar-refractivity contribution in [3.8, 4) is 0 Å². The molecule has 2 aliphatic carbocycles. The van der Waals surface area contributed by atoms with Crippen molar-refractivity contribution < 1.29 is 4.79 Å². The van der Waals surface area contributed by atoms with Gasteiger partial charge in [0, 0.05) is 17.5 Å². The summed E-state index contributed by atoms with van der Waals surface area (Å²) in [4.78, 5) is 17.8. The summed E-state index contributed by atoms with van der Waals surface area (Å²) in [7, 11) is 0. The quantitative estimate of drug-likeness (QED) is 0.737. The predicted molar refractivity (Wildman–Crippen MR) is 91.5 cm³/mol. The maximum absolute atomic E-state index is 13.1. The Labute approximate surface area is 137 Å². The SMILES string of the molecule is CC1(C)C[C@H]2C[C@](C)(CN2C(=O)c2cc3c(s2)CCCC3)C1. The van der Waals surface area contributed by atoms with E-state index in [0.717, 1.165) is 11.4 Å². The molecule has 4 rings (SSSR count). The first-order valence-corrected chi connectivity index (χ1v) is 9.60. The minimum Gasteiger partial charge on any atom is -0.334 e. The van der Waals surface area contributed by atoms with Gasteiger partial charge in [-0.15, -0.1) is 11.3 Å². The number of amides is 1. The van der Waals surface area contributed by atoms with Crippen LogP contribution < -0.4 is 0 Å². The molecule has 3 aliphatic rings. The second-order valence-corrected chi connectivity index (χ2v) is 10.0. The molecule has 0 N–H and O–H groups in total. The number of thiophene rings is 1. The number of hydrogen-bond acceptors (Lipinski definition) is 2. The first-order chi connectivity index (χ1) is 10.4. The highest BCUT2D eigenvalue weighted by atomic mass is 32.1. The van der Waals surface area contributed by atoms with E-state index in [9.17, 15) is 4.79 Å². The van der Waals surface area contributed by atoms with Gasteiger partial charge < -0.3 is 4.90 Å². The Morgan fingerprint density at radius 2 is 2.00 bits per heavy atom. The molecule has 2 bridgehead atoms. The second kappa shape index (κ2) is 4.83. The predicted octanol–water partition coefficient (Wildman–Crippen LogP) is 4.67. The van der Waals surface area contributed by atoms with Gasteiger partial charge in [-0.05, 0) is 67.4 Å². The highest BCUT2D eigenvalue weighted by Gasteiger charge is 2.51. The molecule has 0 aromatic carbocycles. The molecule has 2 fully saturated rings. The lowest BCUT2D eigenvalue weighted by Gasteiger charge is -2.39. The fraction of sp³-hybridized carbons (Fsp3) is 0.737. The Morgan fingerprint density at radius 3 is 2.77 bits per heavy atom. The van der Waals surface area contributed by atoms with E-state index >= 15 is 0 Å². The van der Waals surface area contributed by atoms with E-state index in [-0.39, 0.29) is 0 Å². The zero-order chi connectivity index (χ0) is 15.5. The van der Waals surface area contributed by atoms with Crippen LogP contribution in [-0.2, 0) is 12.8 Å². The van der Waals surface area contributed by atoms with Crippen molar-refractivity contribution in [2.75, 3.05) is 6.54 Å². The molecule has 2 heterocycles. The minimum absolute atomic E-state index is 0.311. The Hall–Kier alpha value is -0.830. The van der Waals surface area contributed by atoms with Crippen LogP contribution in [0.5, 0.6) is 0 Å². The molecular weight excluding hydrogens is 290 g/mol. The fourth-order valence-corrected chi connectivity index (χ4v) is 6.64. The average molecular weight is 317 g/mol. The molecule has 2 nitrogen and oxygen atoms in total. The van der Waals surface area contributed by atoms with E-state index < -0.39 is 0 Å². The van der Waals surface area contributed by atoms with Crippen molar-refractivity contribution in [1.29, 1.82) is 0 Å². The molecule has 1 aromatic rings. The molecule has 0 spiro atoms. The first-order valence-electron chi connectivity index (χ1n) is 8.78. The molecule has 1 saturated carbocycles. The molecule has 0 unspecified atom stereocenters. The van der Waals surface area contributed by atoms with E-state index in [1.807, 2.05) is 0 Å². The highest BCUT2D eigenvalue weighted by Crippen LogP contribution is 2.52. The number of likely N-dealkylation sites (tertiary alicyclic amines) is 1. The van der Waals surface area contributed by atoms with Crippen molar-refractivity contribution in [1.82, 2.24) is 4.90 Å². The van der Waals surface area contributed by atoms with Gasteiger partial charge in [-0.1, -0.05) is 20.8 Å². The summed E-state index contributed by atoms with van der Waals surface area (Å²) >= 11 is 1.77. The van der Waals surface area contributed by atoms with E-state index in [0.29, 0.717) is 22.8 Å². The number of carbonyl (C=O) groups is 1. The summed E-state index contributed by atoms with van der Waals surface area (Å²) in [5, 5.41) is 0. The fourth-order valence-electron chi connectivity index (χ4n) is 5.43. The van der Waals surface area contributed by atoms with E-state index in [4.69, 9.17) is 0 Å². The van der Waals surface area contributed by atoms with Gasteiger partial charge in [0.1, 0.15) is 0 Å². The third-order valence-electron chi connectivity index (χ3n) is 5.88. The van der Waals surface area contributed by atoms with Gasteiger partial charge in [0.15, 0.2) is 0 Å². The van der Waals surface area contributed by atoms with Gasteiger partial charge in [-0.25, -0.2) is 0 Å². The summed E-state index contributed by atoms with van der Waals surface area (Å²) in [6.45, 7) is 8.08. The summed E-state index contributed by atoms with van der Waals surface area (Å²) < 4.78 is 0. The van der Waals surface area contributed by atoms with Gasteiger partial charge >= 0.3 is 0 Å². The van der Waals surface area contributed by atoms with E-state index in [2.05, 4.69) is 31.7 Å². The number of hydrogen-bond donors (Lipinski definition) is 0. The maximum atomic E-state index is 13.1. The Balaban J connectivity index is 1.60. The molecule has 0 radical (unpaired) electrons. The van der Waals surface area contributed by atoms with Gasteiger partial charge in [-0.2, -0.15) is 0 Å². The Morgan fingerprint density at radius 1 is 1.23 bits per heavy atom. The van der Waals surface area contributed by atoms with Gasteiger partial charge in [0.05, 0.1) is 4.88 Å². The molecule has 120 valence electrons. The topological polar surface area (TPSA) is 20.3 Å². The number of carbonyl (C=O) groups excluding carboxylic acids is 1. The van der Waals surface area contributed by atoms with Crippen molar-refractivity contribution in [3.63, 3.8) is 0 Å². The molecule has 1 aliphatic heterocycles. The third kappa shape index (κ3) is 2.42. The molecule has 22 heavy (non-hydrogen) atoms. The standard InChI is InChI=1S/C19H27NOS/c1-18(2)9-14-10-19(3,11-18)12-20(14)17(21)16-8-13-6-4-5-7-15(13)22-16/h8,14H,4-7,9-12H2,1-3H3/t14-,19-/m0/s1. The zero-order valence-corrected chi connectivity index (χ0v) is 14.9. The van der Waals surface area contributed by atoms with Crippen molar-refractivity contribution in [2.45, 2.75) is 71.8 Å². The van der Waals surface area contributed by atoms with Gasteiger partial charge in [0.25, 0.3) is 5.91 Å². The van der Waals surface area contributed by atoms with Crippen LogP contribution in [-0.4, -0.2) is 23.4 Å². The Bertz CT molecular complexity index is 593. The number of aryl methyl sites for hydroxylation is 2. The van der Waals surface area contributed by atoms with Crippen LogP contribution in [0.25, 0.3) is 0 Å². The van der Waals surface area contributed by atoms with Crippen molar-refractivity contribution in [3.05, 3.63) is 21.4 Å². The van der Waals surface area contributed by atoms with Crippen molar-refractivity contribution in [2.24, 2.45) is 10.8 Å². The highest BCUT2D eigenvalue weighted by molar-refractivity contribution is 7.14. The maximum Gasteiger partial charge on any atom is 0.264 e. The summed E-state index contributed by atoms with van der Waals surface area (Å²) in [5.41, 5.74) is 2.16. The second-order valence-electron chi connectivity index (χ2n) is 8.91. The van der Waals surface area contributed by atoms with Crippen LogP contribution >= 0.6 is 11.3 Å². The average Bonchev–Trinajstić information content (AvgIpc) is 2.95. The lowest BCUT2D eigenvalue weighted by molar-refractivity contribution is 0.0713. The van der Waals surface area contributed by atoms with Crippen LogP contribution in [0.2, 0.25) is 0 Å². The summed E-state index contributed by atoms with van der Waals surface area (Å²) in [5.74, 6) is 0.311. The smallest absolute Gasteiger partial charge is 0.264 e. The van der Waals surface area contributed by atoms with E-state index in [1.54, 1.807) is 11.3 Å². The molecule has 1 saturated heterocycles. The minimum atomic E-state index is 0.311. The zero-order valence-electron chi connectivity index (χ0n) is 14.1. The lowest BCUT2D eigenvalue weighted by Crippen LogP contribution is -2.37. The van der Waals surface area contributed by atoms with Gasteiger partial charge in [-0.3, -0.25) is 4.79 Å².